The minimum Gasteiger partial charge on any atom is -0.356 e. The number of hydrogen-bond donors (Lipinski definition) is 2. The van der Waals surface area contributed by atoms with Crippen LogP contribution >= 0.6 is 11.6 Å². The Balaban J connectivity index is 1.67. The van der Waals surface area contributed by atoms with Gasteiger partial charge in [-0.25, -0.2) is 0 Å². The average Bonchev–Trinajstić information content (AvgIpc) is 3.17. The number of nitrogens with zero attached hydrogens (tertiary/aromatic N) is 1. The second-order valence-electron chi connectivity index (χ2n) is 5.64. The van der Waals surface area contributed by atoms with Crippen molar-refractivity contribution in [1.29, 1.82) is 0 Å². The van der Waals surface area contributed by atoms with E-state index in [9.17, 15) is 14.4 Å². The Morgan fingerprint density at radius 1 is 1.29 bits per heavy atom. The molecule has 1 aromatic heterocycles. The molecule has 1 saturated heterocycles. The molecule has 2 heterocycles. The third kappa shape index (κ3) is 3.19. The Labute approximate surface area is 143 Å². The number of ketones is 1. The van der Waals surface area contributed by atoms with Crippen LogP contribution in [0.15, 0.2) is 36.5 Å². The number of benzene rings is 1. The number of anilines is 1. The minimum absolute atomic E-state index is 0.129. The molecule has 1 fully saturated rings. The average molecular weight is 346 g/mol. The van der Waals surface area contributed by atoms with E-state index in [4.69, 9.17) is 11.6 Å². The van der Waals surface area contributed by atoms with Crippen LogP contribution in [-0.2, 0) is 4.79 Å². The van der Waals surface area contributed by atoms with Crippen LogP contribution in [0.2, 0.25) is 5.02 Å². The van der Waals surface area contributed by atoms with Crippen LogP contribution in [0.1, 0.15) is 34.2 Å². The maximum absolute atomic E-state index is 12.5. The van der Waals surface area contributed by atoms with Crippen LogP contribution in [0.5, 0.6) is 0 Å². The fraction of sp³-hybridized carbons (Fsp3) is 0.235. The van der Waals surface area contributed by atoms with Crippen molar-refractivity contribution >= 4 is 34.9 Å². The molecule has 2 amide bonds. The number of carbonyl (C=O) groups excluding carboxylic acids is 3. The van der Waals surface area contributed by atoms with Gasteiger partial charge in [0, 0.05) is 29.0 Å². The summed E-state index contributed by atoms with van der Waals surface area (Å²) in [6.45, 7) is 1.95. The molecule has 0 bridgehead atoms. The number of hydrogen-bond acceptors (Lipinski definition) is 3. The number of rotatable bonds is 4. The third-order valence-electron chi connectivity index (χ3n) is 3.98. The van der Waals surface area contributed by atoms with Gasteiger partial charge in [-0.3, -0.25) is 14.4 Å². The number of carbonyl (C=O) groups is 3. The van der Waals surface area contributed by atoms with Crippen LogP contribution < -0.4 is 10.2 Å². The molecule has 3 rings (SSSR count). The first kappa shape index (κ1) is 16.3. The van der Waals surface area contributed by atoms with Crippen LogP contribution in [0.4, 0.5) is 5.69 Å². The Hall–Kier alpha value is -2.60. The molecule has 124 valence electrons. The van der Waals surface area contributed by atoms with Gasteiger partial charge in [-0.05, 0) is 43.7 Å². The van der Waals surface area contributed by atoms with E-state index in [1.165, 1.54) is 19.2 Å². The van der Waals surface area contributed by atoms with Crippen LogP contribution in [0.3, 0.4) is 0 Å². The predicted molar refractivity (Wildman–Crippen MR) is 90.5 cm³/mol. The van der Waals surface area contributed by atoms with E-state index < -0.39 is 11.9 Å². The molecule has 0 unspecified atom stereocenters. The molecule has 1 aromatic carbocycles. The third-order valence-corrected chi connectivity index (χ3v) is 4.24. The number of amides is 2. The number of aromatic nitrogens is 1. The summed E-state index contributed by atoms with van der Waals surface area (Å²) < 4.78 is 0. The molecule has 1 aliphatic rings. The minimum atomic E-state index is -0.586. The summed E-state index contributed by atoms with van der Waals surface area (Å²) >= 11 is 5.86. The monoisotopic (exact) mass is 345 g/mol. The molecule has 6 nitrogen and oxygen atoms in total. The molecule has 24 heavy (non-hydrogen) atoms. The quantitative estimate of drug-likeness (QED) is 0.835. The first-order valence-electron chi connectivity index (χ1n) is 7.53. The van der Waals surface area contributed by atoms with Crippen LogP contribution in [-0.4, -0.2) is 35.2 Å². The van der Waals surface area contributed by atoms with Gasteiger partial charge >= 0.3 is 0 Å². The van der Waals surface area contributed by atoms with Gasteiger partial charge in [-0.2, -0.15) is 0 Å². The zero-order valence-corrected chi connectivity index (χ0v) is 13.8. The van der Waals surface area contributed by atoms with Crippen LogP contribution in [0, 0.1) is 0 Å². The standard InChI is InChI=1S/C17H16ClN3O3/c1-10(22)11-8-15(19-9-11)16(23)20-14-6-7-21(17(14)24)13-4-2-12(18)3-5-13/h2-5,8-9,14,19H,6-7H2,1H3,(H,20,23)/t14-/m1/s1. The van der Waals surface area contributed by atoms with Gasteiger partial charge in [0.15, 0.2) is 5.78 Å². The van der Waals surface area contributed by atoms with Gasteiger partial charge in [0.05, 0.1) is 0 Å². The highest BCUT2D eigenvalue weighted by atomic mass is 35.5. The first-order chi connectivity index (χ1) is 11.5. The molecule has 2 aromatic rings. The van der Waals surface area contributed by atoms with Crippen molar-refractivity contribution in [3.63, 3.8) is 0 Å². The zero-order valence-electron chi connectivity index (χ0n) is 13.0. The van der Waals surface area contributed by atoms with Gasteiger partial charge in [-0.15, -0.1) is 0 Å². The summed E-state index contributed by atoms with van der Waals surface area (Å²) in [6.07, 6.45) is 2.00. The van der Waals surface area contributed by atoms with Gasteiger partial charge in [0.2, 0.25) is 5.91 Å². The summed E-state index contributed by atoms with van der Waals surface area (Å²) in [4.78, 5) is 40.4. The van der Waals surface area contributed by atoms with E-state index in [1.807, 2.05) is 0 Å². The van der Waals surface area contributed by atoms with Crippen molar-refractivity contribution in [2.75, 3.05) is 11.4 Å². The fourth-order valence-electron chi connectivity index (χ4n) is 2.66. The second-order valence-corrected chi connectivity index (χ2v) is 6.08. The van der Waals surface area contributed by atoms with E-state index in [0.717, 1.165) is 5.69 Å². The molecule has 1 atom stereocenters. The topological polar surface area (TPSA) is 82.3 Å². The lowest BCUT2D eigenvalue weighted by molar-refractivity contribution is -0.118. The number of Topliss-reactive ketones (excluding diaryl/α,β-unsaturated/α-hetero) is 1. The highest BCUT2D eigenvalue weighted by Gasteiger charge is 2.34. The summed E-state index contributed by atoms with van der Waals surface area (Å²) in [5.74, 6) is -0.695. The SMILES string of the molecule is CC(=O)c1c[nH]c(C(=O)N[C@@H]2CCN(c3ccc(Cl)cc3)C2=O)c1. The second kappa shape index (κ2) is 6.49. The van der Waals surface area contributed by atoms with E-state index in [2.05, 4.69) is 10.3 Å². The molecule has 7 heteroatoms. The highest BCUT2D eigenvalue weighted by molar-refractivity contribution is 6.30. The van der Waals surface area contributed by atoms with E-state index in [0.29, 0.717) is 23.6 Å². The Bertz CT molecular complexity index is 798. The lowest BCUT2D eigenvalue weighted by atomic mass is 10.2. The van der Waals surface area contributed by atoms with Crippen LogP contribution in [0.25, 0.3) is 0 Å². The summed E-state index contributed by atoms with van der Waals surface area (Å²) in [5, 5.41) is 3.31. The van der Waals surface area contributed by atoms with Gasteiger partial charge in [0.25, 0.3) is 5.91 Å². The molecule has 1 aliphatic heterocycles. The van der Waals surface area contributed by atoms with Crippen molar-refractivity contribution < 1.29 is 14.4 Å². The summed E-state index contributed by atoms with van der Waals surface area (Å²) in [6, 6.07) is 7.88. The zero-order chi connectivity index (χ0) is 17.3. The number of nitrogens with one attached hydrogen (secondary N) is 2. The van der Waals surface area contributed by atoms with E-state index >= 15 is 0 Å². The van der Waals surface area contributed by atoms with Crippen molar-refractivity contribution in [3.8, 4) is 0 Å². The molecular weight excluding hydrogens is 330 g/mol. The molecule has 2 N–H and O–H groups in total. The van der Waals surface area contributed by atoms with Crippen molar-refractivity contribution in [1.82, 2.24) is 10.3 Å². The number of aromatic amines is 1. The molecular formula is C17H16ClN3O3. The van der Waals surface area contributed by atoms with E-state index in [-0.39, 0.29) is 17.4 Å². The molecule has 0 saturated carbocycles. The Morgan fingerprint density at radius 3 is 2.62 bits per heavy atom. The highest BCUT2D eigenvalue weighted by Crippen LogP contribution is 2.23. The molecule has 0 aliphatic carbocycles. The number of halogens is 1. The van der Waals surface area contributed by atoms with Crippen molar-refractivity contribution in [2.45, 2.75) is 19.4 Å². The van der Waals surface area contributed by atoms with Crippen molar-refractivity contribution in [3.05, 3.63) is 52.8 Å². The lowest BCUT2D eigenvalue weighted by Crippen LogP contribution is -2.41. The Kier molecular flexibility index (Phi) is 4.40. The number of H-pyrrole nitrogens is 1. The lowest BCUT2D eigenvalue weighted by Gasteiger charge is -2.17. The Morgan fingerprint density at radius 2 is 2.00 bits per heavy atom. The van der Waals surface area contributed by atoms with Gasteiger partial charge < -0.3 is 15.2 Å². The normalized spacial score (nSPS) is 17.2. The molecule has 0 spiro atoms. The fourth-order valence-corrected chi connectivity index (χ4v) is 2.78. The van der Waals surface area contributed by atoms with Gasteiger partial charge in [-0.1, -0.05) is 11.6 Å². The molecule has 0 radical (unpaired) electrons. The maximum atomic E-state index is 12.5. The summed E-state index contributed by atoms with van der Waals surface area (Å²) in [7, 11) is 0. The maximum Gasteiger partial charge on any atom is 0.268 e. The first-order valence-corrected chi connectivity index (χ1v) is 7.90. The van der Waals surface area contributed by atoms with Gasteiger partial charge in [0.1, 0.15) is 11.7 Å². The summed E-state index contributed by atoms with van der Waals surface area (Å²) in [5.41, 5.74) is 1.44. The van der Waals surface area contributed by atoms with Crippen molar-refractivity contribution in [2.24, 2.45) is 0 Å². The smallest absolute Gasteiger partial charge is 0.268 e. The largest absolute Gasteiger partial charge is 0.356 e. The predicted octanol–water partition coefficient (Wildman–Crippen LogP) is 2.41. The van der Waals surface area contributed by atoms with E-state index in [1.54, 1.807) is 29.2 Å².